The third kappa shape index (κ3) is 3.39. The summed E-state index contributed by atoms with van der Waals surface area (Å²) in [5, 5.41) is 0. The highest BCUT2D eigenvalue weighted by Crippen LogP contribution is 2.36. The summed E-state index contributed by atoms with van der Waals surface area (Å²) in [7, 11) is 0. The van der Waals surface area contributed by atoms with Gasteiger partial charge in [0.15, 0.2) is 0 Å². The van der Waals surface area contributed by atoms with E-state index in [0.29, 0.717) is 0 Å². The molecule has 3 aliphatic rings. The lowest BCUT2D eigenvalue weighted by Gasteiger charge is -2.40. The highest BCUT2D eigenvalue weighted by Gasteiger charge is 2.26. The number of rotatable bonds is 2. The number of hydrogen-bond donors (Lipinski definition) is 0. The average molecular weight is 361 g/mol. The minimum absolute atomic E-state index is 0.796. The number of nitrogens with zero attached hydrogens (tertiary/aromatic N) is 4. The smallest absolute Gasteiger partial charge is 0.0964 e. The van der Waals surface area contributed by atoms with Gasteiger partial charge in [0.05, 0.1) is 11.4 Å². The summed E-state index contributed by atoms with van der Waals surface area (Å²) in [6.45, 7) is 4.96. The summed E-state index contributed by atoms with van der Waals surface area (Å²) in [6, 6.07) is 9.27. The fourth-order valence-corrected chi connectivity index (χ4v) is 4.95. The van der Waals surface area contributed by atoms with Crippen LogP contribution in [0.15, 0.2) is 42.9 Å². The van der Waals surface area contributed by atoms with E-state index < -0.39 is 0 Å². The molecule has 0 N–H and O–H groups in total. The molecule has 5 rings (SSSR count). The fourth-order valence-electron chi connectivity index (χ4n) is 4.95. The molecule has 0 atom stereocenters. The molecule has 4 heteroatoms. The van der Waals surface area contributed by atoms with Crippen molar-refractivity contribution in [3.63, 3.8) is 0 Å². The normalized spacial score (nSPS) is 22.5. The Bertz CT molecular complexity index is 830. The van der Waals surface area contributed by atoms with Crippen LogP contribution in [0.4, 0.5) is 0 Å². The van der Waals surface area contributed by atoms with Crippen LogP contribution in [0, 0.1) is 0 Å². The molecule has 0 bridgehead atoms. The Kier molecular flexibility index (Phi) is 4.66. The van der Waals surface area contributed by atoms with Gasteiger partial charge < -0.3 is 9.80 Å². The predicted octanol–water partition coefficient (Wildman–Crippen LogP) is 3.99. The maximum Gasteiger partial charge on any atom is 0.0964 e. The zero-order chi connectivity index (χ0) is 18.1. The number of piperidine rings is 2. The average Bonchev–Trinajstić information content (AvgIpc) is 2.75. The van der Waals surface area contributed by atoms with Gasteiger partial charge in [-0.25, -0.2) is 0 Å². The van der Waals surface area contributed by atoms with Crippen molar-refractivity contribution in [2.24, 2.45) is 0 Å². The Morgan fingerprint density at radius 1 is 0.852 bits per heavy atom. The van der Waals surface area contributed by atoms with Crippen molar-refractivity contribution in [3.05, 3.63) is 54.0 Å². The number of aromatic nitrogens is 2. The Morgan fingerprint density at radius 3 is 2.41 bits per heavy atom. The summed E-state index contributed by atoms with van der Waals surface area (Å²) in [6.07, 6.45) is 13.9. The Morgan fingerprint density at radius 2 is 1.59 bits per heavy atom. The number of fused-ring (bicyclic) bond motifs is 3. The van der Waals surface area contributed by atoms with Crippen LogP contribution < -0.4 is 0 Å². The number of likely N-dealkylation sites (tertiary alicyclic amines) is 2. The van der Waals surface area contributed by atoms with Crippen molar-refractivity contribution in [3.8, 4) is 11.4 Å². The fraction of sp³-hybridized carbons (Fsp3) is 0.478. The standard InChI is InChI=1S/C23H28N4/c1-2-12-27(13-3-1)20-8-14-26(15-9-20)17-19-16-18-6-4-10-24-22(18)23-21(19)7-5-11-25-23/h4-7,10-11,17,20H,1-3,8-9,12-16H2. The summed E-state index contributed by atoms with van der Waals surface area (Å²) < 4.78 is 0. The first-order valence-corrected chi connectivity index (χ1v) is 10.5. The summed E-state index contributed by atoms with van der Waals surface area (Å²) in [5.74, 6) is 0. The van der Waals surface area contributed by atoms with Crippen molar-refractivity contribution in [2.45, 2.75) is 44.6 Å². The van der Waals surface area contributed by atoms with Gasteiger partial charge in [0.25, 0.3) is 0 Å². The molecule has 4 heterocycles. The van der Waals surface area contributed by atoms with Crippen LogP contribution in [0.25, 0.3) is 17.0 Å². The second kappa shape index (κ2) is 7.43. The second-order valence-corrected chi connectivity index (χ2v) is 8.11. The van der Waals surface area contributed by atoms with Crippen LogP contribution in [-0.2, 0) is 6.42 Å². The first-order chi connectivity index (χ1) is 13.4. The van der Waals surface area contributed by atoms with E-state index in [0.717, 1.165) is 23.9 Å². The van der Waals surface area contributed by atoms with Crippen LogP contribution in [0.2, 0.25) is 0 Å². The Balaban J connectivity index is 1.34. The van der Waals surface area contributed by atoms with Gasteiger partial charge >= 0.3 is 0 Å². The monoisotopic (exact) mass is 360 g/mol. The van der Waals surface area contributed by atoms with E-state index in [4.69, 9.17) is 0 Å². The molecule has 0 saturated carbocycles. The SMILES string of the molecule is C(=C1Cc2cccnc2-c2ncccc21)N1CCC(N2CCCCC2)CC1. The van der Waals surface area contributed by atoms with Crippen LogP contribution >= 0.6 is 0 Å². The van der Waals surface area contributed by atoms with Crippen molar-refractivity contribution in [1.82, 2.24) is 19.8 Å². The van der Waals surface area contributed by atoms with Gasteiger partial charge in [-0.15, -0.1) is 0 Å². The largest absolute Gasteiger partial charge is 0.377 e. The van der Waals surface area contributed by atoms with Gasteiger partial charge in [-0.2, -0.15) is 0 Å². The molecule has 0 amide bonds. The quantitative estimate of drug-likeness (QED) is 0.811. The highest BCUT2D eigenvalue weighted by molar-refractivity contribution is 5.84. The van der Waals surface area contributed by atoms with E-state index in [9.17, 15) is 0 Å². The minimum Gasteiger partial charge on any atom is -0.377 e. The molecule has 2 fully saturated rings. The molecule has 2 saturated heterocycles. The molecule has 1 aliphatic carbocycles. The van der Waals surface area contributed by atoms with Crippen molar-refractivity contribution >= 4 is 5.57 Å². The molecule has 2 aromatic rings. The molecular formula is C23H28N4. The van der Waals surface area contributed by atoms with Gasteiger partial charge in [0, 0.05) is 49.7 Å². The third-order valence-electron chi connectivity index (χ3n) is 6.39. The van der Waals surface area contributed by atoms with Gasteiger partial charge in [-0.05, 0) is 62.0 Å². The van der Waals surface area contributed by atoms with E-state index in [1.165, 1.54) is 75.0 Å². The molecule has 4 nitrogen and oxygen atoms in total. The first kappa shape index (κ1) is 16.9. The molecule has 0 aromatic carbocycles. The summed E-state index contributed by atoms with van der Waals surface area (Å²) in [4.78, 5) is 14.5. The first-order valence-electron chi connectivity index (χ1n) is 10.5. The zero-order valence-corrected chi connectivity index (χ0v) is 16.0. The lowest BCUT2D eigenvalue weighted by Crippen LogP contribution is -2.45. The lowest BCUT2D eigenvalue weighted by molar-refractivity contribution is 0.109. The molecule has 27 heavy (non-hydrogen) atoms. The van der Waals surface area contributed by atoms with Gasteiger partial charge in [-0.3, -0.25) is 9.97 Å². The van der Waals surface area contributed by atoms with Crippen LogP contribution in [-0.4, -0.2) is 52.0 Å². The molecule has 0 radical (unpaired) electrons. The third-order valence-corrected chi connectivity index (χ3v) is 6.39. The van der Waals surface area contributed by atoms with Gasteiger partial charge in [0.2, 0.25) is 0 Å². The zero-order valence-electron chi connectivity index (χ0n) is 16.0. The van der Waals surface area contributed by atoms with E-state index in [1.807, 2.05) is 24.5 Å². The van der Waals surface area contributed by atoms with Crippen molar-refractivity contribution < 1.29 is 0 Å². The lowest BCUT2D eigenvalue weighted by atomic mass is 9.88. The summed E-state index contributed by atoms with van der Waals surface area (Å²) in [5.41, 5.74) is 6.01. The van der Waals surface area contributed by atoms with E-state index >= 15 is 0 Å². The summed E-state index contributed by atoms with van der Waals surface area (Å²) >= 11 is 0. The maximum absolute atomic E-state index is 4.65. The van der Waals surface area contributed by atoms with Crippen molar-refractivity contribution in [2.75, 3.05) is 26.2 Å². The van der Waals surface area contributed by atoms with Gasteiger partial charge in [0.1, 0.15) is 0 Å². The highest BCUT2D eigenvalue weighted by atomic mass is 15.2. The maximum atomic E-state index is 4.65. The van der Waals surface area contributed by atoms with E-state index in [-0.39, 0.29) is 0 Å². The van der Waals surface area contributed by atoms with Gasteiger partial charge in [-0.1, -0.05) is 18.6 Å². The van der Waals surface area contributed by atoms with Crippen LogP contribution in [0.5, 0.6) is 0 Å². The second-order valence-electron chi connectivity index (χ2n) is 8.11. The number of pyridine rings is 2. The Hall–Kier alpha value is -2.20. The predicted molar refractivity (Wildman–Crippen MR) is 109 cm³/mol. The minimum atomic E-state index is 0.796. The Labute approximate surface area is 161 Å². The molecule has 0 unspecified atom stereocenters. The molecular weight excluding hydrogens is 332 g/mol. The molecule has 2 aliphatic heterocycles. The number of hydrogen-bond acceptors (Lipinski definition) is 4. The molecule has 140 valence electrons. The van der Waals surface area contributed by atoms with Crippen molar-refractivity contribution in [1.29, 1.82) is 0 Å². The molecule has 2 aromatic heterocycles. The molecule has 0 spiro atoms. The van der Waals surface area contributed by atoms with Crippen LogP contribution in [0.3, 0.4) is 0 Å². The van der Waals surface area contributed by atoms with Crippen LogP contribution in [0.1, 0.15) is 43.2 Å². The van der Waals surface area contributed by atoms with E-state index in [2.05, 4.69) is 38.1 Å². The van der Waals surface area contributed by atoms with E-state index in [1.54, 1.807) is 0 Å². The topological polar surface area (TPSA) is 32.3 Å². The number of allylic oxidation sites excluding steroid dienone is 1.